The lowest BCUT2D eigenvalue weighted by atomic mass is 10.1. The first-order chi connectivity index (χ1) is 14.7. The molecule has 1 fully saturated rings. The zero-order chi connectivity index (χ0) is 20.8. The van der Waals surface area contributed by atoms with E-state index in [-0.39, 0.29) is 12.7 Å². The van der Waals surface area contributed by atoms with Gasteiger partial charge in [0.05, 0.1) is 0 Å². The third-order valence-corrected chi connectivity index (χ3v) is 5.51. The third-order valence-electron chi connectivity index (χ3n) is 5.51. The Morgan fingerprint density at radius 1 is 1.13 bits per heavy atom. The van der Waals surface area contributed by atoms with Crippen molar-refractivity contribution in [1.82, 2.24) is 10.2 Å². The van der Waals surface area contributed by atoms with Crippen LogP contribution >= 0.6 is 0 Å². The van der Waals surface area contributed by atoms with Gasteiger partial charge < -0.3 is 24.3 Å². The molecule has 7 heteroatoms. The van der Waals surface area contributed by atoms with E-state index in [0.29, 0.717) is 36.3 Å². The summed E-state index contributed by atoms with van der Waals surface area (Å²) in [6.45, 7) is 3.80. The number of hydrogen-bond donors (Lipinski definition) is 1. The molecule has 2 aromatic rings. The van der Waals surface area contributed by atoms with Gasteiger partial charge in [-0.05, 0) is 55.8 Å². The second-order valence-corrected chi connectivity index (χ2v) is 7.57. The van der Waals surface area contributed by atoms with Crippen molar-refractivity contribution in [3.63, 3.8) is 0 Å². The van der Waals surface area contributed by atoms with Gasteiger partial charge in [-0.3, -0.25) is 9.69 Å². The van der Waals surface area contributed by atoms with Crippen LogP contribution < -0.4 is 19.5 Å². The van der Waals surface area contributed by atoms with Gasteiger partial charge in [-0.2, -0.15) is 0 Å². The molecule has 0 spiro atoms. The van der Waals surface area contributed by atoms with Crippen LogP contribution in [0, 0.1) is 0 Å². The Kier molecular flexibility index (Phi) is 6.71. The highest BCUT2D eigenvalue weighted by molar-refractivity contribution is 5.94. The zero-order valence-corrected chi connectivity index (χ0v) is 17.3. The van der Waals surface area contributed by atoms with Crippen molar-refractivity contribution < 1.29 is 23.7 Å². The van der Waals surface area contributed by atoms with Crippen LogP contribution in [-0.2, 0) is 11.3 Å². The molecule has 1 N–H and O–H groups in total. The lowest BCUT2D eigenvalue weighted by molar-refractivity contribution is 0.0392. The summed E-state index contributed by atoms with van der Waals surface area (Å²) in [4.78, 5) is 14.8. The van der Waals surface area contributed by atoms with Gasteiger partial charge in [-0.15, -0.1) is 0 Å². The number of carbonyl (C=O) groups is 1. The van der Waals surface area contributed by atoms with Crippen molar-refractivity contribution in [3.8, 4) is 17.2 Å². The van der Waals surface area contributed by atoms with Crippen molar-refractivity contribution in [3.05, 3.63) is 53.6 Å². The highest BCUT2D eigenvalue weighted by atomic mass is 16.7. The first kappa shape index (κ1) is 20.5. The molecule has 2 heterocycles. The molecule has 0 atom stereocenters. The second kappa shape index (κ2) is 9.82. The van der Waals surface area contributed by atoms with Crippen LogP contribution in [0.2, 0.25) is 0 Å². The van der Waals surface area contributed by atoms with Gasteiger partial charge in [0.15, 0.2) is 11.5 Å². The Bertz CT molecular complexity index is 866. The summed E-state index contributed by atoms with van der Waals surface area (Å²) >= 11 is 0. The average molecular weight is 412 g/mol. The summed E-state index contributed by atoms with van der Waals surface area (Å²) in [5, 5.41) is 2.94. The van der Waals surface area contributed by atoms with E-state index in [9.17, 15) is 4.79 Å². The molecule has 0 unspecified atom stereocenters. The first-order valence-corrected chi connectivity index (χ1v) is 10.4. The molecule has 2 aliphatic rings. The quantitative estimate of drug-likeness (QED) is 0.719. The zero-order valence-electron chi connectivity index (χ0n) is 17.3. The third kappa shape index (κ3) is 5.23. The topological polar surface area (TPSA) is 69.3 Å². The predicted octanol–water partition coefficient (Wildman–Crippen LogP) is 2.83. The van der Waals surface area contributed by atoms with E-state index in [1.54, 1.807) is 18.2 Å². The molecular weight excluding hydrogens is 384 g/mol. The van der Waals surface area contributed by atoms with Crippen LogP contribution in [0.4, 0.5) is 0 Å². The van der Waals surface area contributed by atoms with E-state index < -0.39 is 0 Å². The van der Waals surface area contributed by atoms with Crippen LogP contribution in [0.25, 0.3) is 0 Å². The number of carbonyl (C=O) groups excluding carboxylic acids is 1. The van der Waals surface area contributed by atoms with Crippen LogP contribution in [0.5, 0.6) is 17.2 Å². The normalized spacial score (nSPS) is 15.9. The van der Waals surface area contributed by atoms with Crippen LogP contribution in [0.3, 0.4) is 0 Å². The van der Waals surface area contributed by atoms with Crippen molar-refractivity contribution in [2.24, 2.45) is 0 Å². The number of likely N-dealkylation sites (N-methyl/N-ethyl adjacent to an activating group) is 1. The summed E-state index contributed by atoms with van der Waals surface area (Å²) in [7, 11) is 2.14. The lowest BCUT2D eigenvalue weighted by Gasteiger charge is -2.31. The van der Waals surface area contributed by atoms with Gasteiger partial charge in [-0.1, -0.05) is 12.1 Å². The Labute approximate surface area is 176 Å². The van der Waals surface area contributed by atoms with Crippen molar-refractivity contribution in [2.45, 2.75) is 25.4 Å². The number of nitrogens with one attached hydrogen (secondary N) is 1. The first-order valence-electron chi connectivity index (χ1n) is 10.4. The monoisotopic (exact) mass is 412 g/mol. The average Bonchev–Trinajstić information content (AvgIpc) is 3.26. The number of fused-ring (bicyclic) bond motifs is 1. The van der Waals surface area contributed by atoms with E-state index in [2.05, 4.69) is 17.3 Å². The van der Waals surface area contributed by atoms with Crippen LogP contribution in [0.15, 0.2) is 42.5 Å². The van der Waals surface area contributed by atoms with Gasteiger partial charge in [0.2, 0.25) is 6.79 Å². The number of nitrogens with zero attached hydrogens (tertiary/aromatic N) is 1. The van der Waals surface area contributed by atoms with Crippen LogP contribution in [-0.4, -0.2) is 57.1 Å². The van der Waals surface area contributed by atoms with Gasteiger partial charge in [0.25, 0.3) is 5.91 Å². The second-order valence-electron chi connectivity index (χ2n) is 7.57. The van der Waals surface area contributed by atoms with E-state index in [1.165, 1.54) is 0 Å². The summed E-state index contributed by atoms with van der Waals surface area (Å²) in [5.41, 5.74) is 1.53. The fourth-order valence-electron chi connectivity index (χ4n) is 3.68. The largest absolute Gasteiger partial charge is 0.492 e. The SMILES string of the molecule is CN(CCOc1cccc(CNC(=O)c2ccc3c(c2)OCO3)c1)C1CCOCC1. The Morgan fingerprint density at radius 3 is 2.83 bits per heavy atom. The summed E-state index contributed by atoms with van der Waals surface area (Å²) in [6.07, 6.45) is 2.16. The van der Waals surface area contributed by atoms with Crippen molar-refractivity contribution in [2.75, 3.05) is 40.2 Å². The molecule has 4 rings (SSSR count). The molecule has 0 aromatic heterocycles. The summed E-state index contributed by atoms with van der Waals surface area (Å²) < 4.78 is 22.0. The number of rotatable bonds is 8. The maximum absolute atomic E-state index is 12.4. The van der Waals surface area contributed by atoms with Gasteiger partial charge in [0.1, 0.15) is 12.4 Å². The summed E-state index contributed by atoms with van der Waals surface area (Å²) in [5.74, 6) is 1.92. The molecule has 0 aliphatic carbocycles. The number of ether oxygens (including phenoxy) is 4. The van der Waals surface area contributed by atoms with E-state index >= 15 is 0 Å². The van der Waals surface area contributed by atoms with Gasteiger partial charge in [-0.25, -0.2) is 0 Å². The fourth-order valence-corrected chi connectivity index (χ4v) is 3.68. The maximum atomic E-state index is 12.4. The number of hydrogen-bond acceptors (Lipinski definition) is 6. The molecule has 1 amide bonds. The fraction of sp³-hybridized carbons (Fsp3) is 0.435. The Balaban J connectivity index is 1.24. The molecule has 2 aromatic carbocycles. The molecular formula is C23H28N2O5. The van der Waals surface area contributed by atoms with Gasteiger partial charge >= 0.3 is 0 Å². The maximum Gasteiger partial charge on any atom is 0.251 e. The predicted molar refractivity (Wildman–Crippen MR) is 112 cm³/mol. The van der Waals surface area contributed by atoms with Crippen molar-refractivity contribution >= 4 is 5.91 Å². The molecule has 0 saturated carbocycles. The van der Waals surface area contributed by atoms with Crippen LogP contribution in [0.1, 0.15) is 28.8 Å². The highest BCUT2D eigenvalue weighted by Gasteiger charge is 2.18. The lowest BCUT2D eigenvalue weighted by Crippen LogP contribution is -2.38. The minimum Gasteiger partial charge on any atom is -0.492 e. The van der Waals surface area contributed by atoms with E-state index in [1.807, 2.05) is 24.3 Å². The van der Waals surface area contributed by atoms with E-state index in [0.717, 1.165) is 43.9 Å². The standard InChI is InChI=1S/C23H28N2O5/c1-25(19-7-10-27-11-8-19)9-12-28-20-4-2-3-17(13-20)15-24-23(26)18-5-6-21-22(14-18)30-16-29-21/h2-6,13-14,19H,7-12,15-16H2,1H3,(H,24,26). The Morgan fingerprint density at radius 2 is 1.97 bits per heavy atom. The van der Waals surface area contributed by atoms with E-state index in [4.69, 9.17) is 18.9 Å². The molecule has 7 nitrogen and oxygen atoms in total. The Hall–Kier alpha value is -2.77. The molecule has 0 radical (unpaired) electrons. The van der Waals surface area contributed by atoms with Gasteiger partial charge in [0, 0.05) is 37.9 Å². The number of benzene rings is 2. The molecule has 1 saturated heterocycles. The highest BCUT2D eigenvalue weighted by Crippen LogP contribution is 2.32. The minimum absolute atomic E-state index is 0.155. The molecule has 2 aliphatic heterocycles. The number of amides is 1. The molecule has 0 bridgehead atoms. The summed E-state index contributed by atoms with van der Waals surface area (Å²) in [6, 6.07) is 13.6. The minimum atomic E-state index is -0.155. The molecule has 160 valence electrons. The molecule has 30 heavy (non-hydrogen) atoms. The van der Waals surface area contributed by atoms with Crippen molar-refractivity contribution in [1.29, 1.82) is 0 Å². The smallest absolute Gasteiger partial charge is 0.251 e.